The molecule has 0 spiro atoms. The molecule has 0 saturated heterocycles. The Kier molecular flexibility index (Phi) is 5.78. The summed E-state index contributed by atoms with van der Waals surface area (Å²) in [5.74, 6) is 5.15. The number of anilines is 1. The third-order valence-corrected chi connectivity index (χ3v) is 3.99. The summed E-state index contributed by atoms with van der Waals surface area (Å²) in [6.07, 6.45) is -5.10. The van der Waals surface area contributed by atoms with Gasteiger partial charge >= 0.3 is 6.18 Å². The molecule has 0 fully saturated rings. The minimum Gasteiger partial charge on any atom is -0.324 e. The smallest absolute Gasteiger partial charge is 0.324 e. The van der Waals surface area contributed by atoms with Crippen molar-refractivity contribution < 1.29 is 21.6 Å². The van der Waals surface area contributed by atoms with Gasteiger partial charge in [0, 0.05) is 18.7 Å². The summed E-state index contributed by atoms with van der Waals surface area (Å²) in [6.45, 7) is -0.0324. The molecule has 4 N–H and O–H groups in total. The van der Waals surface area contributed by atoms with Crippen LogP contribution in [0.25, 0.3) is 0 Å². The molecule has 0 heterocycles. The molecule has 1 aromatic rings. The van der Waals surface area contributed by atoms with E-state index in [1.807, 2.05) is 0 Å². The number of nitrogens with two attached hydrogens (primary N) is 1. The summed E-state index contributed by atoms with van der Waals surface area (Å²) in [7, 11) is -3.70. The average molecular weight is 311 g/mol. The molecule has 20 heavy (non-hydrogen) atoms. The second-order valence-electron chi connectivity index (χ2n) is 4.14. The van der Waals surface area contributed by atoms with Gasteiger partial charge in [0.15, 0.2) is 0 Å². The standard InChI is InChI=1S/C11H16F3N3O2S/c12-11(13,14)7-1-2-8-16-20(18,19)10-5-3-9(17-15)4-6-10/h3-6,16-17H,1-2,7-8,15H2. The first-order chi connectivity index (χ1) is 9.24. The SMILES string of the molecule is NNc1ccc(S(=O)(=O)NCCCCC(F)(F)F)cc1. The van der Waals surface area contributed by atoms with Crippen molar-refractivity contribution in [2.24, 2.45) is 5.84 Å². The van der Waals surface area contributed by atoms with Crippen molar-refractivity contribution in [2.45, 2.75) is 30.3 Å². The van der Waals surface area contributed by atoms with Gasteiger partial charge in [0.1, 0.15) is 0 Å². The predicted octanol–water partition coefficient (Wildman–Crippen LogP) is 1.98. The van der Waals surface area contributed by atoms with Crippen LogP contribution in [0.3, 0.4) is 0 Å². The van der Waals surface area contributed by atoms with E-state index in [9.17, 15) is 21.6 Å². The molecule has 0 unspecified atom stereocenters. The summed E-state index contributed by atoms with van der Waals surface area (Å²) < 4.78 is 61.6. The molecule has 0 aromatic heterocycles. The Morgan fingerprint density at radius 1 is 1.10 bits per heavy atom. The molecule has 0 saturated carbocycles. The number of rotatable bonds is 7. The largest absolute Gasteiger partial charge is 0.389 e. The highest BCUT2D eigenvalue weighted by Gasteiger charge is 2.25. The van der Waals surface area contributed by atoms with Crippen LogP contribution in [0.4, 0.5) is 18.9 Å². The van der Waals surface area contributed by atoms with Crippen LogP contribution < -0.4 is 16.0 Å². The van der Waals surface area contributed by atoms with Gasteiger partial charge < -0.3 is 5.43 Å². The minimum absolute atomic E-state index is 0.0324. The zero-order valence-electron chi connectivity index (χ0n) is 10.6. The van der Waals surface area contributed by atoms with Crippen LogP contribution >= 0.6 is 0 Å². The molecule has 0 radical (unpaired) electrons. The average Bonchev–Trinajstić information content (AvgIpc) is 2.37. The van der Waals surface area contributed by atoms with Crippen molar-refractivity contribution in [3.8, 4) is 0 Å². The minimum atomic E-state index is -4.20. The van der Waals surface area contributed by atoms with Crippen LogP contribution in [0, 0.1) is 0 Å². The number of benzene rings is 1. The van der Waals surface area contributed by atoms with E-state index in [-0.39, 0.29) is 24.3 Å². The molecule has 0 aliphatic carbocycles. The Morgan fingerprint density at radius 3 is 2.20 bits per heavy atom. The third kappa shape index (κ3) is 5.76. The summed E-state index contributed by atoms with van der Waals surface area (Å²) in [6, 6.07) is 5.68. The summed E-state index contributed by atoms with van der Waals surface area (Å²) in [5, 5.41) is 0. The van der Waals surface area contributed by atoms with Crippen LogP contribution in [0.2, 0.25) is 0 Å². The monoisotopic (exact) mass is 311 g/mol. The van der Waals surface area contributed by atoms with Gasteiger partial charge in [-0.3, -0.25) is 5.84 Å². The van der Waals surface area contributed by atoms with Crippen molar-refractivity contribution in [3.05, 3.63) is 24.3 Å². The maximum atomic E-state index is 11.9. The molecular formula is C11H16F3N3O2S. The molecule has 0 aliphatic rings. The number of sulfonamides is 1. The van der Waals surface area contributed by atoms with Crippen LogP contribution in [-0.4, -0.2) is 21.1 Å². The van der Waals surface area contributed by atoms with Crippen LogP contribution in [0.15, 0.2) is 29.2 Å². The number of halogens is 3. The third-order valence-electron chi connectivity index (χ3n) is 2.51. The van der Waals surface area contributed by atoms with E-state index < -0.39 is 22.6 Å². The van der Waals surface area contributed by atoms with E-state index >= 15 is 0 Å². The van der Waals surface area contributed by atoms with E-state index in [1.165, 1.54) is 24.3 Å². The highest BCUT2D eigenvalue weighted by Crippen LogP contribution is 2.22. The van der Waals surface area contributed by atoms with E-state index in [0.29, 0.717) is 5.69 Å². The predicted molar refractivity (Wildman–Crippen MR) is 69.3 cm³/mol. The molecule has 114 valence electrons. The summed E-state index contributed by atoms with van der Waals surface area (Å²) >= 11 is 0. The lowest BCUT2D eigenvalue weighted by Gasteiger charge is -2.08. The Hall–Kier alpha value is -1.32. The van der Waals surface area contributed by atoms with Crippen molar-refractivity contribution in [1.29, 1.82) is 0 Å². The van der Waals surface area contributed by atoms with Crippen LogP contribution in [-0.2, 0) is 10.0 Å². The van der Waals surface area contributed by atoms with E-state index in [0.717, 1.165) is 0 Å². The van der Waals surface area contributed by atoms with Gasteiger partial charge in [0.25, 0.3) is 0 Å². The maximum Gasteiger partial charge on any atom is 0.389 e. The lowest BCUT2D eigenvalue weighted by Crippen LogP contribution is -2.25. The van der Waals surface area contributed by atoms with Crippen LogP contribution in [0.1, 0.15) is 19.3 Å². The fourth-order valence-corrected chi connectivity index (χ4v) is 2.54. The lowest BCUT2D eigenvalue weighted by atomic mass is 10.2. The molecule has 1 rings (SSSR count). The quantitative estimate of drug-likeness (QED) is 0.408. The Bertz CT molecular complexity index is 515. The zero-order valence-corrected chi connectivity index (χ0v) is 11.4. The topological polar surface area (TPSA) is 84.2 Å². The molecule has 0 bridgehead atoms. The number of hydrazine groups is 1. The second kappa shape index (κ2) is 6.91. The summed E-state index contributed by atoms with van der Waals surface area (Å²) in [4.78, 5) is 0.0346. The molecule has 0 aliphatic heterocycles. The van der Waals surface area contributed by atoms with Gasteiger partial charge in [-0.2, -0.15) is 13.2 Å². The van der Waals surface area contributed by atoms with Crippen molar-refractivity contribution >= 4 is 15.7 Å². The zero-order chi connectivity index (χ0) is 15.2. The first kappa shape index (κ1) is 16.7. The van der Waals surface area contributed by atoms with E-state index in [2.05, 4.69) is 10.1 Å². The van der Waals surface area contributed by atoms with E-state index in [1.54, 1.807) is 0 Å². The van der Waals surface area contributed by atoms with E-state index in [4.69, 9.17) is 5.84 Å². The first-order valence-corrected chi connectivity index (χ1v) is 7.36. The molecule has 0 amide bonds. The fraction of sp³-hybridized carbons (Fsp3) is 0.455. The molecular weight excluding hydrogens is 295 g/mol. The Balaban J connectivity index is 2.45. The molecule has 1 aromatic carbocycles. The highest BCUT2D eigenvalue weighted by atomic mass is 32.2. The van der Waals surface area contributed by atoms with Crippen molar-refractivity contribution in [2.75, 3.05) is 12.0 Å². The Labute approximate surface area is 115 Å². The normalized spacial score (nSPS) is 12.4. The van der Waals surface area contributed by atoms with Gasteiger partial charge in [0.05, 0.1) is 4.90 Å². The number of unbranched alkanes of at least 4 members (excludes halogenated alkanes) is 1. The molecule has 0 atom stereocenters. The van der Waals surface area contributed by atoms with Gasteiger partial charge in [-0.15, -0.1) is 0 Å². The fourth-order valence-electron chi connectivity index (χ4n) is 1.47. The highest BCUT2D eigenvalue weighted by molar-refractivity contribution is 7.89. The maximum absolute atomic E-state index is 11.9. The number of nitrogens with one attached hydrogen (secondary N) is 2. The number of hydrogen-bond donors (Lipinski definition) is 3. The number of hydrogen-bond acceptors (Lipinski definition) is 4. The Morgan fingerprint density at radius 2 is 1.70 bits per heavy atom. The molecule has 9 heteroatoms. The molecule has 5 nitrogen and oxygen atoms in total. The van der Waals surface area contributed by atoms with Gasteiger partial charge in [0.2, 0.25) is 10.0 Å². The number of alkyl halides is 3. The van der Waals surface area contributed by atoms with Gasteiger partial charge in [-0.25, -0.2) is 13.1 Å². The number of nitrogen functional groups attached to an aromatic ring is 1. The van der Waals surface area contributed by atoms with Gasteiger partial charge in [-0.1, -0.05) is 0 Å². The van der Waals surface area contributed by atoms with Crippen molar-refractivity contribution in [3.63, 3.8) is 0 Å². The summed E-state index contributed by atoms with van der Waals surface area (Å²) in [5.41, 5.74) is 2.91. The van der Waals surface area contributed by atoms with Crippen LogP contribution in [0.5, 0.6) is 0 Å². The van der Waals surface area contributed by atoms with Crippen molar-refractivity contribution in [1.82, 2.24) is 4.72 Å². The second-order valence-corrected chi connectivity index (χ2v) is 5.91. The lowest BCUT2D eigenvalue weighted by molar-refractivity contribution is -0.135. The first-order valence-electron chi connectivity index (χ1n) is 5.88. The van der Waals surface area contributed by atoms with Gasteiger partial charge in [-0.05, 0) is 37.1 Å².